The molecule has 0 saturated heterocycles. The van der Waals surface area contributed by atoms with Crippen LogP contribution in [0.1, 0.15) is 27.4 Å². The van der Waals surface area contributed by atoms with E-state index in [2.05, 4.69) is 5.16 Å². The zero-order chi connectivity index (χ0) is 20.1. The zero-order valence-corrected chi connectivity index (χ0v) is 16.7. The topological polar surface area (TPSA) is 64.8 Å². The van der Waals surface area contributed by atoms with E-state index in [4.69, 9.17) is 25.6 Å². The van der Waals surface area contributed by atoms with Gasteiger partial charge in [-0.3, -0.25) is 4.79 Å². The number of aromatic nitrogens is 1. The molecular weight excluding hydrogens is 380 g/mol. The molecule has 0 aliphatic carbocycles. The Labute approximate surface area is 168 Å². The molecule has 6 nitrogen and oxygen atoms in total. The van der Waals surface area contributed by atoms with Crippen molar-refractivity contribution in [2.45, 2.75) is 20.1 Å². The van der Waals surface area contributed by atoms with Crippen molar-refractivity contribution in [3.63, 3.8) is 0 Å². The maximum atomic E-state index is 12.7. The Balaban J connectivity index is 1.69. The summed E-state index contributed by atoms with van der Waals surface area (Å²) in [5, 5.41) is 4.59. The SMILES string of the molecule is COc1cc(C(=O)N(C)Cc2cc(C)on2)ccc1OCc1ccc(Cl)cc1. The maximum absolute atomic E-state index is 12.7. The molecule has 0 saturated carbocycles. The molecule has 0 spiro atoms. The minimum atomic E-state index is -0.150. The van der Waals surface area contributed by atoms with Crippen molar-refractivity contribution >= 4 is 17.5 Å². The van der Waals surface area contributed by atoms with Crippen molar-refractivity contribution in [3.05, 3.63) is 76.1 Å². The minimum absolute atomic E-state index is 0.150. The van der Waals surface area contributed by atoms with E-state index in [9.17, 15) is 4.79 Å². The lowest BCUT2D eigenvalue weighted by Crippen LogP contribution is -2.26. The van der Waals surface area contributed by atoms with Crippen LogP contribution >= 0.6 is 11.6 Å². The van der Waals surface area contributed by atoms with Gasteiger partial charge in [0.25, 0.3) is 5.91 Å². The number of hydrogen-bond acceptors (Lipinski definition) is 5. The first kappa shape index (κ1) is 19.8. The molecule has 0 atom stereocenters. The van der Waals surface area contributed by atoms with Crippen molar-refractivity contribution in [2.24, 2.45) is 0 Å². The van der Waals surface area contributed by atoms with Crippen molar-refractivity contribution < 1.29 is 18.8 Å². The molecule has 1 amide bonds. The molecule has 1 heterocycles. The number of rotatable bonds is 7. The summed E-state index contributed by atoms with van der Waals surface area (Å²) in [4.78, 5) is 14.3. The van der Waals surface area contributed by atoms with Crippen LogP contribution in [0.4, 0.5) is 0 Å². The maximum Gasteiger partial charge on any atom is 0.254 e. The molecule has 0 unspecified atom stereocenters. The second-order valence-electron chi connectivity index (χ2n) is 6.37. The van der Waals surface area contributed by atoms with Gasteiger partial charge < -0.3 is 18.9 Å². The molecule has 3 aromatic rings. The van der Waals surface area contributed by atoms with Gasteiger partial charge >= 0.3 is 0 Å². The number of methoxy groups -OCH3 is 1. The fourth-order valence-corrected chi connectivity index (χ4v) is 2.82. The third-order valence-corrected chi connectivity index (χ3v) is 4.39. The number of carbonyl (C=O) groups is 1. The van der Waals surface area contributed by atoms with Crippen LogP contribution in [-0.4, -0.2) is 30.1 Å². The van der Waals surface area contributed by atoms with Gasteiger partial charge in [-0.1, -0.05) is 28.9 Å². The van der Waals surface area contributed by atoms with Crippen LogP contribution in [0.2, 0.25) is 5.02 Å². The Bertz CT molecular complexity index is 953. The van der Waals surface area contributed by atoms with Gasteiger partial charge in [-0.2, -0.15) is 0 Å². The second kappa shape index (κ2) is 8.80. The van der Waals surface area contributed by atoms with Gasteiger partial charge in [-0.15, -0.1) is 0 Å². The molecule has 146 valence electrons. The molecule has 0 fully saturated rings. The summed E-state index contributed by atoms with van der Waals surface area (Å²) in [6, 6.07) is 14.3. The molecule has 28 heavy (non-hydrogen) atoms. The van der Waals surface area contributed by atoms with Crippen LogP contribution in [0.15, 0.2) is 53.1 Å². The summed E-state index contributed by atoms with van der Waals surface area (Å²) in [5.74, 6) is 1.61. The predicted octanol–water partition coefficient (Wildman–Crippen LogP) is 4.50. The summed E-state index contributed by atoms with van der Waals surface area (Å²) in [6.45, 7) is 2.53. The van der Waals surface area contributed by atoms with E-state index in [1.807, 2.05) is 31.2 Å². The molecule has 0 aliphatic heterocycles. The van der Waals surface area contributed by atoms with E-state index in [1.165, 1.54) is 0 Å². The van der Waals surface area contributed by atoms with Crippen molar-refractivity contribution in [1.82, 2.24) is 10.1 Å². The van der Waals surface area contributed by atoms with Crippen molar-refractivity contribution in [3.8, 4) is 11.5 Å². The number of halogens is 1. The molecule has 3 rings (SSSR count). The first-order valence-corrected chi connectivity index (χ1v) is 9.07. The molecule has 1 aromatic heterocycles. The Kier molecular flexibility index (Phi) is 6.21. The van der Waals surface area contributed by atoms with Gasteiger partial charge in [0, 0.05) is 23.7 Å². The predicted molar refractivity (Wildman–Crippen MR) is 106 cm³/mol. The third kappa shape index (κ3) is 4.84. The van der Waals surface area contributed by atoms with Crippen LogP contribution in [0, 0.1) is 6.92 Å². The van der Waals surface area contributed by atoms with E-state index in [1.54, 1.807) is 43.3 Å². The van der Waals surface area contributed by atoms with Gasteiger partial charge in [-0.25, -0.2) is 0 Å². The van der Waals surface area contributed by atoms with Crippen LogP contribution in [0.25, 0.3) is 0 Å². The lowest BCUT2D eigenvalue weighted by molar-refractivity contribution is 0.0781. The highest BCUT2D eigenvalue weighted by molar-refractivity contribution is 6.30. The molecule has 0 radical (unpaired) electrons. The Morgan fingerprint density at radius 1 is 1.14 bits per heavy atom. The number of amides is 1. The van der Waals surface area contributed by atoms with E-state index in [0.717, 1.165) is 5.56 Å². The van der Waals surface area contributed by atoms with Gasteiger partial charge in [0.05, 0.1) is 13.7 Å². The highest BCUT2D eigenvalue weighted by Gasteiger charge is 2.16. The summed E-state index contributed by atoms with van der Waals surface area (Å²) < 4.78 is 16.3. The zero-order valence-electron chi connectivity index (χ0n) is 15.9. The number of nitrogens with zero attached hydrogens (tertiary/aromatic N) is 2. The van der Waals surface area contributed by atoms with Crippen molar-refractivity contribution in [1.29, 1.82) is 0 Å². The smallest absolute Gasteiger partial charge is 0.254 e. The fraction of sp³-hybridized carbons (Fsp3) is 0.238. The molecule has 7 heteroatoms. The number of hydrogen-bond donors (Lipinski definition) is 0. The molecule has 0 aliphatic rings. The van der Waals surface area contributed by atoms with Crippen LogP contribution < -0.4 is 9.47 Å². The van der Waals surface area contributed by atoms with Gasteiger partial charge in [0.1, 0.15) is 18.1 Å². The normalized spacial score (nSPS) is 10.6. The van der Waals surface area contributed by atoms with Gasteiger partial charge in [-0.05, 0) is 42.8 Å². The Hall–Kier alpha value is -2.99. The number of ether oxygens (including phenoxy) is 2. The monoisotopic (exact) mass is 400 g/mol. The molecule has 2 aromatic carbocycles. The molecular formula is C21H21ClN2O4. The van der Waals surface area contributed by atoms with E-state index in [0.29, 0.717) is 46.7 Å². The van der Waals surface area contributed by atoms with E-state index >= 15 is 0 Å². The summed E-state index contributed by atoms with van der Waals surface area (Å²) in [7, 11) is 3.25. The number of aryl methyl sites for hydroxylation is 1. The quantitative estimate of drug-likeness (QED) is 0.584. The average Bonchev–Trinajstić information content (AvgIpc) is 3.11. The van der Waals surface area contributed by atoms with Crippen molar-refractivity contribution in [2.75, 3.05) is 14.2 Å². The van der Waals surface area contributed by atoms with Gasteiger partial charge in [0.2, 0.25) is 0 Å². The average molecular weight is 401 g/mol. The second-order valence-corrected chi connectivity index (χ2v) is 6.81. The summed E-state index contributed by atoms with van der Waals surface area (Å²) in [5.41, 5.74) is 2.18. The standard InChI is InChI=1S/C21H21ClN2O4/c1-14-10-18(23-28-14)12-24(2)21(25)16-6-9-19(20(11-16)26-3)27-13-15-4-7-17(22)8-5-15/h4-11H,12-13H2,1-3H3. The van der Waals surface area contributed by atoms with Crippen LogP contribution in [0.5, 0.6) is 11.5 Å². The molecule has 0 bridgehead atoms. The summed E-state index contributed by atoms with van der Waals surface area (Å²) in [6.07, 6.45) is 0. The highest BCUT2D eigenvalue weighted by atomic mass is 35.5. The number of benzene rings is 2. The first-order valence-electron chi connectivity index (χ1n) is 8.69. The summed E-state index contributed by atoms with van der Waals surface area (Å²) >= 11 is 5.90. The minimum Gasteiger partial charge on any atom is -0.493 e. The lowest BCUT2D eigenvalue weighted by atomic mass is 10.1. The van der Waals surface area contributed by atoms with Crippen LogP contribution in [-0.2, 0) is 13.2 Å². The fourth-order valence-electron chi connectivity index (χ4n) is 2.69. The largest absolute Gasteiger partial charge is 0.493 e. The Morgan fingerprint density at radius 3 is 2.54 bits per heavy atom. The van der Waals surface area contributed by atoms with E-state index < -0.39 is 0 Å². The highest BCUT2D eigenvalue weighted by Crippen LogP contribution is 2.29. The third-order valence-electron chi connectivity index (χ3n) is 4.14. The van der Waals surface area contributed by atoms with Crippen LogP contribution in [0.3, 0.4) is 0 Å². The van der Waals surface area contributed by atoms with Gasteiger partial charge in [0.15, 0.2) is 11.5 Å². The molecule has 0 N–H and O–H groups in total. The van der Waals surface area contributed by atoms with E-state index in [-0.39, 0.29) is 5.91 Å². The number of carbonyl (C=O) groups excluding carboxylic acids is 1. The first-order chi connectivity index (χ1) is 13.5. The lowest BCUT2D eigenvalue weighted by Gasteiger charge is -2.17. The Morgan fingerprint density at radius 2 is 1.89 bits per heavy atom.